The Morgan fingerprint density at radius 1 is 1.00 bits per heavy atom. The molecule has 7 heteroatoms. The maximum absolute atomic E-state index is 13.1. The van der Waals surface area contributed by atoms with E-state index in [0.29, 0.717) is 24.2 Å². The van der Waals surface area contributed by atoms with E-state index in [1.54, 1.807) is 0 Å². The monoisotopic (exact) mass is 419 g/mol. The predicted octanol–water partition coefficient (Wildman–Crippen LogP) is 2.84. The third-order valence-electron chi connectivity index (χ3n) is 5.59. The number of hydrogen-bond acceptors (Lipinski definition) is 4. The average molecular weight is 419 g/mol. The molecule has 2 aromatic carbocycles. The molecule has 1 aliphatic rings. The molecule has 1 amide bonds. The number of aromatic amines is 1. The van der Waals surface area contributed by atoms with Crippen molar-refractivity contribution in [2.75, 3.05) is 6.54 Å². The number of nitrogens with one attached hydrogen (secondary N) is 1. The lowest BCUT2D eigenvalue weighted by Crippen LogP contribution is -2.45. The van der Waals surface area contributed by atoms with Crippen LogP contribution in [0, 0.1) is 0 Å². The van der Waals surface area contributed by atoms with Gasteiger partial charge in [-0.3, -0.25) is 9.36 Å². The van der Waals surface area contributed by atoms with Gasteiger partial charge in [-0.2, -0.15) is 0 Å². The molecule has 1 N–H and O–H groups in total. The van der Waals surface area contributed by atoms with Crippen LogP contribution in [0.3, 0.4) is 0 Å². The highest BCUT2D eigenvalue weighted by atomic mass is 16.6. The topological polar surface area (TPSA) is 84.4 Å². The molecule has 0 saturated carbocycles. The first kappa shape index (κ1) is 20.7. The fraction of sp³-hybridized carbons (Fsp3) is 0.292. The second-order valence-electron chi connectivity index (χ2n) is 7.66. The zero-order valence-corrected chi connectivity index (χ0v) is 17.5. The Bertz CT molecular complexity index is 1180. The number of ether oxygens (including phenoxy) is 1. The third-order valence-corrected chi connectivity index (χ3v) is 5.59. The van der Waals surface area contributed by atoms with Crippen LogP contribution in [0.4, 0.5) is 4.79 Å². The first-order valence-corrected chi connectivity index (χ1v) is 10.4. The van der Waals surface area contributed by atoms with E-state index in [1.165, 1.54) is 15.0 Å². The molecule has 2 heterocycles. The zero-order chi connectivity index (χ0) is 21.8. The first-order valence-electron chi connectivity index (χ1n) is 10.4. The highest BCUT2D eigenvalue weighted by Crippen LogP contribution is 2.15. The number of rotatable bonds is 5. The second-order valence-corrected chi connectivity index (χ2v) is 7.66. The van der Waals surface area contributed by atoms with Gasteiger partial charge in [0.05, 0.1) is 18.7 Å². The molecule has 0 bridgehead atoms. The van der Waals surface area contributed by atoms with Gasteiger partial charge in [-0.1, -0.05) is 61.5 Å². The molecule has 0 spiro atoms. The zero-order valence-electron chi connectivity index (χ0n) is 17.5. The third kappa shape index (κ3) is 4.60. The minimum absolute atomic E-state index is 0.118. The predicted molar refractivity (Wildman–Crippen MR) is 117 cm³/mol. The van der Waals surface area contributed by atoms with Crippen LogP contribution in [0.15, 0.2) is 64.2 Å². The quantitative estimate of drug-likeness (QED) is 0.689. The molecule has 160 valence electrons. The molecule has 1 aromatic heterocycles. The lowest BCUT2D eigenvalue weighted by atomic mass is 10.1. The van der Waals surface area contributed by atoms with Crippen molar-refractivity contribution in [2.45, 2.75) is 39.5 Å². The summed E-state index contributed by atoms with van der Waals surface area (Å²) in [7, 11) is 0. The lowest BCUT2D eigenvalue weighted by molar-refractivity contribution is 0.0912. The van der Waals surface area contributed by atoms with Crippen LogP contribution in [0.1, 0.15) is 34.9 Å². The number of carbonyl (C=O) groups is 1. The minimum Gasteiger partial charge on any atom is -0.445 e. The molecule has 0 aliphatic carbocycles. The fourth-order valence-electron chi connectivity index (χ4n) is 3.72. The number of benzene rings is 2. The van der Waals surface area contributed by atoms with Gasteiger partial charge < -0.3 is 14.6 Å². The molecular weight excluding hydrogens is 394 g/mol. The van der Waals surface area contributed by atoms with E-state index in [4.69, 9.17) is 4.74 Å². The Labute approximate surface area is 179 Å². The summed E-state index contributed by atoms with van der Waals surface area (Å²) in [6.45, 7) is 2.94. The van der Waals surface area contributed by atoms with Gasteiger partial charge in [0.1, 0.15) is 6.61 Å². The van der Waals surface area contributed by atoms with E-state index in [0.717, 1.165) is 17.5 Å². The van der Waals surface area contributed by atoms with Gasteiger partial charge in [-0.25, -0.2) is 9.59 Å². The number of aryl methyl sites for hydroxylation is 1. The van der Waals surface area contributed by atoms with Gasteiger partial charge in [-0.15, -0.1) is 0 Å². The average Bonchev–Trinajstić information content (AvgIpc) is 2.81. The molecule has 0 unspecified atom stereocenters. The molecule has 31 heavy (non-hydrogen) atoms. The second kappa shape index (κ2) is 9.04. The Kier molecular flexibility index (Phi) is 6.02. The highest BCUT2D eigenvalue weighted by Gasteiger charge is 2.26. The summed E-state index contributed by atoms with van der Waals surface area (Å²) >= 11 is 0. The Morgan fingerprint density at radius 2 is 1.71 bits per heavy atom. The lowest BCUT2D eigenvalue weighted by Gasteiger charge is -2.27. The van der Waals surface area contributed by atoms with Crippen molar-refractivity contribution >= 4 is 6.09 Å². The van der Waals surface area contributed by atoms with E-state index >= 15 is 0 Å². The van der Waals surface area contributed by atoms with Crippen molar-refractivity contribution in [3.05, 3.63) is 103 Å². The van der Waals surface area contributed by atoms with Crippen molar-refractivity contribution in [1.82, 2.24) is 14.5 Å². The van der Waals surface area contributed by atoms with Crippen molar-refractivity contribution in [3.63, 3.8) is 0 Å². The molecule has 1 aliphatic heterocycles. The summed E-state index contributed by atoms with van der Waals surface area (Å²) < 4.78 is 6.59. The van der Waals surface area contributed by atoms with Crippen molar-refractivity contribution in [1.29, 1.82) is 0 Å². The summed E-state index contributed by atoms with van der Waals surface area (Å²) in [5.74, 6) is 0. The van der Waals surface area contributed by atoms with Gasteiger partial charge in [0.2, 0.25) is 0 Å². The number of H-pyrrole nitrogens is 1. The van der Waals surface area contributed by atoms with Crippen LogP contribution in [0.25, 0.3) is 0 Å². The van der Waals surface area contributed by atoms with Crippen LogP contribution in [-0.4, -0.2) is 27.1 Å². The van der Waals surface area contributed by atoms with Crippen LogP contribution in [-0.2, 0) is 37.3 Å². The number of fused-ring (bicyclic) bond motifs is 1. The van der Waals surface area contributed by atoms with Crippen LogP contribution in [0.5, 0.6) is 0 Å². The van der Waals surface area contributed by atoms with Crippen molar-refractivity contribution in [3.8, 4) is 0 Å². The van der Waals surface area contributed by atoms with Gasteiger partial charge in [-0.05, 0) is 23.1 Å². The summed E-state index contributed by atoms with van der Waals surface area (Å²) in [6, 6.07) is 17.3. The molecule has 0 radical (unpaired) electrons. The molecule has 0 atom stereocenters. The molecular formula is C24H25N3O4. The number of aromatic nitrogens is 2. The summed E-state index contributed by atoms with van der Waals surface area (Å²) in [5, 5.41) is 0. The largest absolute Gasteiger partial charge is 0.445 e. The normalized spacial score (nSPS) is 13.0. The van der Waals surface area contributed by atoms with E-state index in [-0.39, 0.29) is 25.3 Å². The molecule has 7 nitrogen and oxygen atoms in total. The summed E-state index contributed by atoms with van der Waals surface area (Å²) in [6.07, 6.45) is 0.865. The van der Waals surface area contributed by atoms with E-state index in [1.807, 2.05) is 54.6 Å². The van der Waals surface area contributed by atoms with E-state index < -0.39 is 11.8 Å². The number of nitrogens with zero attached hydrogens (tertiary/aromatic N) is 2. The maximum Gasteiger partial charge on any atom is 0.410 e. The number of amides is 1. The molecule has 3 aromatic rings. The van der Waals surface area contributed by atoms with Gasteiger partial charge in [0.15, 0.2) is 0 Å². The standard InChI is InChI=1S/C24H25N3O4/c1-2-17-8-10-18(11-9-17)14-27-22(28)20-15-26(13-12-21(20)25-23(27)29)24(30)31-16-19-6-4-3-5-7-19/h3-11H,2,12-16H2,1H3,(H,25,29). The Balaban J connectivity index is 1.51. The Morgan fingerprint density at radius 3 is 2.42 bits per heavy atom. The summed E-state index contributed by atoms with van der Waals surface area (Å²) in [5.41, 5.74) is 3.21. The van der Waals surface area contributed by atoms with Crippen molar-refractivity contribution in [2.24, 2.45) is 0 Å². The molecule has 0 fully saturated rings. The first-order chi connectivity index (χ1) is 15.0. The van der Waals surface area contributed by atoms with E-state index in [9.17, 15) is 14.4 Å². The number of carbonyl (C=O) groups excluding carboxylic acids is 1. The van der Waals surface area contributed by atoms with Crippen LogP contribution < -0.4 is 11.2 Å². The summed E-state index contributed by atoms with van der Waals surface area (Å²) in [4.78, 5) is 42.4. The molecule has 0 saturated heterocycles. The maximum atomic E-state index is 13.1. The number of hydrogen-bond donors (Lipinski definition) is 1. The Hall–Kier alpha value is -3.61. The minimum atomic E-state index is -0.471. The van der Waals surface area contributed by atoms with Crippen molar-refractivity contribution < 1.29 is 9.53 Å². The van der Waals surface area contributed by atoms with Gasteiger partial charge >= 0.3 is 11.8 Å². The van der Waals surface area contributed by atoms with Gasteiger partial charge in [0, 0.05) is 18.7 Å². The smallest absolute Gasteiger partial charge is 0.410 e. The fourth-order valence-corrected chi connectivity index (χ4v) is 3.72. The van der Waals surface area contributed by atoms with Crippen LogP contribution in [0.2, 0.25) is 0 Å². The van der Waals surface area contributed by atoms with Crippen LogP contribution >= 0.6 is 0 Å². The SMILES string of the molecule is CCc1ccc(Cn2c(=O)[nH]c3c(c2=O)CN(C(=O)OCc2ccccc2)CC3)cc1. The van der Waals surface area contributed by atoms with E-state index in [2.05, 4.69) is 11.9 Å². The van der Waals surface area contributed by atoms with Gasteiger partial charge in [0.25, 0.3) is 5.56 Å². The molecule has 4 rings (SSSR count). The highest BCUT2D eigenvalue weighted by molar-refractivity contribution is 5.68.